The van der Waals surface area contributed by atoms with Crippen molar-refractivity contribution < 1.29 is 9.53 Å². The van der Waals surface area contributed by atoms with Gasteiger partial charge in [-0.25, -0.2) is 0 Å². The molecule has 0 N–H and O–H groups in total. The molecule has 0 radical (unpaired) electrons. The quantitative estimate of drug-likeness (QED) is 0.581. The summed E-state index contributed by atoms with van der Waals surface area (Å²) in [5, 5.41) is 0. The predicted octanol–water partition coefficient (Wildman–Crippen LogP) is 1.03. The molecule has 0 aliphatic carbocycles. The zero-order valence-electron chi connectivity index (χ0n) is 7.88. The molecule has 3 heteroatoms. The van der Waals surface area contributed by atoms with Crippen molar-refractivity contribution in [2.75, 3.05) is 20.2 Å². The van der Waals surface area contributed by atoms with Crippen molar-refractivity contribution in [2.24, 2.45) is 0 Å². The number of nitrogens with zero attached hydrogens (tertiary/aromatic N) is 1. The molecule has 1 heterocycles. The first kappa shape index (κ1) is 9.52. The summed E-state index contributed by atoms with van der Waals surface area (Å²) < 4.78 is 4.74. The molecule has 0 spiro atoms. The Morgan fingerprint density at radius 1 is 1.58 bits per heavy atom. The van der Waals surface area contributed by atoms with Crippen molar-refractivity contribution in [1.82, 2.24) is 4.90 Å². The van der Waals surface area contributed by atoms with Crippen molar-refractivity contribution in [3.8, 4) is 0 Å². The first-order valence-corrected chi connectivity index (χ1v) is 4.61. The number of carbonyl (C=O) groups excluding carboxylic acids is 1. The van der Waals surface area contributed by atoms with Crippen LogP contribution in [-0.2, 0) is 9.53 Å². The maximum atomic E-state index is 11.3. The monoisotopic (exact) mass is 171 g/mol. The summed E-state index contributed by atoms with van der Waals surface area (Å²) in [5.41, 5.74) is 0. The topological polar surface area (TPSA) is 29.5 Å². The molecule has 0 aromatic carbocycles. The Kier molecular flexibility index (Phi) is 3.53. The Hall–Kier alpha value is -0.570. The molecule has 1 rings (SSSR count). The Balaban J connectivity index is 2.52. The lowest BCUT2D eigenvalue weighted by molar-refractivity contribution is -0.148. The molecule has 0 aromatic rings. The SMILES string of the molecule is CCN1CCCCC1C(=O)OC. The van der Waals surface area contributed by atoms with Gasteiger partial charge >= 0.3 is 5.97 Å². The summed E-state index contributed by atoms with van der Waals surface area (Å²) in [4.78, 5) is 13.5. The second kappa shape index (κ2) is 4.45. The van der Waals surface area contributed by atoms with Crippen LogP contribution in [0.1, 0.15) is 26.2 Å². The third-order valence-electron chi connectivity index (χ3n) is 2.49. The van der Waals surface area contributed by atoms with Gasteiger partial charge in [-0.1, -0.05) is 13.3 Å². The Morgan fingerprint density at radius 2 is 2.33 bits per heavy atom. The van der Waals surface area contributed by atoms with Crippen LogP contribution in [0.2, 0.25) is 0 Å². The van der Waals surface area contributed by atoms with E-state index in [1.54, 1.807) is 0 Å². The van der Waals surface area contributed by atoms with Crippen molar-refractivity contribution >= 4 is 5.97 Å². The number of rotatable bonds is 2. The second-order valence-corrected chi connectivity index (χ2v) is 3.16. The average molecular weight is 171 g/mol. The molecule has 1 fully saturated rings. The van der Waals surface area contributed by atoms with Crippen LogP contribution in [0.3, 0.4) is 0 Å². The predicted molar refractivity (Wildman–Crippen MR) is 46.9 cm³/mol. The van der Waals surface area contributed by atoms with Gasteiger partial charge in [0.15, 0.2) is 0 Å². The Morgan fingerprint density at radius 3 is 2.92 bits per heavy atom. The number of likely N-dealkylation sites (N-methyl/N-ethyl adjacent to an activating group) is 1. The average Bonchev–Trinajstić information content (AvgIpc) is 2.16. The van der Waals surface area contributed by atoms with E-state index in [4.69, 9.17) is 4.74 Å². The number of methoxy groups -OCH3 is 1. The number of piperidine rings is 1. The smallest absolute Gasteiger partial charge is 0.323 e. The van der Waals surface area contributed by atoms with Gasteiger partial charge < -0.3 is 4.74 Å². The number of ether oxygens (including phenoxy) is 1. The maximum Gasteiger partial charge on any atom is 0.323 e. The first-order chi connectivity index (χ1) is 5.79. The molecule has 1 saturated heterocycles. The largest absolute Gasteiger partial charge is 0.468 e. The lowest BCUT2D eigenvalue weighted by atomic mass is 10.0. The highest BCUT2D eigenvalue weighted by Crippen LogP contribution is 2.17. The summed E-state index contributed by atoms with van der Waals surface area (Å²) in [6, 6.07) is 0.0220. The van der Waals surface area contributed by atoms with Crippen LogP contribution in [0.15, 0.2) is 0 Å². The van der Waals surface area contributed by atoms with Crippen molar-refractivity contribution in [3.63, 3.8) is 0 Å². The van der Waals surface area contributed by atoms with Crippen molar-refractivity contribution in [1.29, 1.82) is 0 Å². The van der Waals surface area contributed by atoms with Gasteiger partial charge in [-0.3, -0.25) is 9.69 Å². The van der Waals surface area contributed by atoms with Crippen LogP contribution >= 0.6 is 0 Å². The number of esters is 1. The van der Waals surface area contributed by atoms with E-state index in [1.165, 1.54) is 13.5 Å². The lowest BCUT2D eigenvalue weighted by Crippen LogP contribution is -2.44. The summed E-state index contributed by atoms with van der Waals surface area (Å²) in [6.45, 7) is 4.07. The summed E-state index contributed by atoms with van der Waals surface area (Å²) in [5.74, 6) is -0.0726. The molecule has 1 aliphatic rings. The van der Waals surface area contributed by atoms with Crippen molar-refractivity contribution in [2.45, 2.75) is 32.2 Å². The van der Waals surface area contributed by atoms with E-state index >= 15 is 0 Å². The van der Waals surface area contributed by atoms with Crippen LogP contribution in [0.5, 0.6) is 0 Å². The van der Waals surface area contributed by atoms with E-state index in [1.807, 2.05) is 0 Å². The molecule has 0 saturated carbocycles. The number of hydrogen-bond acceptors (Lipinski definition) is 3. The van der Waals surface area contributed by atoms with Crippen LogP contribution in [0.25, 0.3) is 0 Å². The summed E-state index contributed by atoms with van der Waals surface area (Å²) >= 11 is 0. The van der Waals surface area contributed by atoms with E-state index in [2.05, 4.69) is 11.8 Å². The minimum atomic E-state index is -0.0726. The van der Waals surface area contributed by atoms with Gasteiger partial charge in [-0.05, 0) is 25.9 Å². The highest BCUT2D eigenvalue weighted by atomic mass is 16.5. The minimum absolute atomic E-state index is 0.0220. The summed E-state index contributed by atoms with van der Waals surface area (Å²) in [6.07, 6.45) is 3.32. The molecule has 3 nitrogen and oxygen atoms in total. The number of likely N-dealkylation sites (tertiary alicyclic amines) is 1. The first-order valence-electron chi connectivity index (χ1n) is 4.61. The molecule has 0 amide bonds. The van der Waals surface area contributed by atoms with Crippen LogP contribution < -0.4 is 0 Å². The third-order valence-corrected chi connectivity index (χ3v) is 2.49. The van der Waals surface area contributed by atoms with Gasteiger partial charge in [0.2, 0.25) is 0 Å². The van der Waals surface area contributed by atoms with Gasteiger partial charge in [0.25, 0.3) is 0 Å². The third kappa shape index (κ3) is 1.97. The van der Waals surface area contributed by atoms with Gasteiger partial charge in [-0.2, -0.15) is 0 Å². The van der Waals surface area contributed by atoms with Crippen LogP contribution in [0.4, 0.5) is 0 Å². The number of hydrogen-bond donors (Lipinski definition) is 0. The van der Waals surface area contributed by atoms with Gasteiger partial charge in [0.1, 0.15) is 6.04 Å². The van der Waals surface area contributed by atoms with Crippen molar-refractivity contribution in [3.05, 3.63) is 0 Å². The normalized spacial score (nSPS) is 25.3. The molecular formula is C9H17NO2. The lowest BCUT2D eigenvalue weighted by Gasteiger charge is -2.32. The molecule has 1 aliphatic heterocycles. The molecular weight excluding hydrogens is 154 g/mol. The molecule has 70 valence electrons. The molecule has 1 atom stereocenters. The Bertz CT molecular complexity index is 159. The van der Waals surface area contributed by atoms with E-state index in [0.717, 1.165) is 25.9 Å². The minimum Gasteiger partial charge on any atom is -0.468 e. The van der Waals surface area contributed by atoms with E-state index < -0.39 is 0 Å². The van der Waals surface area contributed by atoms with E-state index in [0.29, 0.717) is 0 Å². The fourth-order valence-electron chi connectivity index (χ4n) is 1.77. The second-order valence-electron chi connectivity index (χ2n) is 3.16. The maximum absolute atomic E-state index is 11.3. The molecule has 1 unspecified atom stereocenters. The van der Waals surface area contributed by atoms with Crippen LogP contribution in [0, 0.1) is 0 Å². The van der Waals surface area contributed by atoms with Gasteiger partial charge in [0.05, 0.1) is 7.11 Å². The summed E-state index contributed by atoms with van der Waals surface area (Å²) in [7, 11) is 1.46. The fraction of sp³-hybridized carbons (Fsp3) is 0.889. The zero-order chi connectivity index (χ0) is 8.97. The fourth-order valence-corrected chi connectivity index (χ4v) is 1.77. The van der Waals surface area contributed by atoms with E-state index in [9.17, 15) is 4.79 Å². The van der Waals surface area contributed by atoms with Gasteiger partial charge in [0, 0.05) is 0 Å². The molecule has 0 bridgehead atoms. The van der Waals surface area contributed by atoms with Gasteiger partial charge in [-0.15, -0.1) is 0 Å². The van der Waals surface area contributed by atoms with Crippen LogP contribution in [-0.4, -0.2) is 37.1 Å². The highest BCUT2D eigenvalue weighted by Gasteiger charge is 2.27. The molecule has 0 aromatic heterocycles. The highest BCUT2D eigenvalue weighted by molar-refractivity contribution is 5.75. The Labute approximate surface area is 73.7 Å². The molecule has 12 heavy (non-hydrogen) atoms. The zero-order valence-corrected chi connectivity index (χ0v) is 7.88. The number of carbonyl (C=O) groups is 1. The van der Waals surface area contributed by atoms with E-state index in [-0.39, 0.29) is 12.0 Å². The standard InChI is InChI=1S/C9H17NO2/c1-3-10-7-5-4-6-8(10)9(11)12-2/h8H,3-7H2,1-2H3.